The number of anilines is 2. The fourth-order valence-corrected chi connectivity index (χ4v) is 2.63. The summed E-state index contributed by atoms with van der Waals surface area (Å²) in [5.41, 5.74) is 3.42. The third kappa shape index (κ3) is 3.54. The molecule has 0 unspecified atom stereocenters. The molecule has 0 aliphatic carbocycles. The molecule has 5 heteroatoms. The number of nitrogens with one attached hydrogen (secondary N) is 3. The summed E-state index contributed by atoms with van der Waals surface area (Å²) in [4.78, 5) is 8.72. The van der Waals surface area contributed by atoms with Gasteiger partial charge in [0.2, 0.25) is 0 Å². The molecule has 2 aromatic heterocycles. The molecule has 3 N–H and O–H groups in total. The van der Waals surface area contributed by atoms with Gasteiger partial charge in [-0.05, 0) is 36.6 Å². The summed E-state index contributed by atoms with van der Waals surface area (Å²) in [5, 5.41) is 10.4. The lowest BCUT2D eigenvalue weighted by Crippen LogP contribution is -2.42. The minimum Gasteiger partial charge on any atom is -0.380 e. The van der Waals surface area contributed by atoms with E-state index in [1.165, 1.54) is 5.56 Å². The average molecular weight is 297 g/mol. The summed E-state index contributed by atoms with van der Waals surface area (Å²) >= 11 is 0. The minimum atomic E-state index is 0.353. The Kier molecular flexibility index (Phi) is 4.53. The summed E-state index contributed by atoms with van der Waals surface area (Å²) in [6.45, 7) is 7.00. The molecule has 1 aliphatic rings. The second-order valence-corrected chi connectivity index (χ2v) is 5.91. The first kappa shape index (κ1) is 14.8. The zero-order chi connectivity index (χ0) is 15.4. The van der Waals surface area contributed by atoms with Crippen LogP contribution >= 0.6 is 0 Å². The fraction of sp³-hybridized carbons (Fsp3) is 0.412. The van der Waals surface area contributed by atoms with Gasteiger partial charge in [-0.3, -0.25) is 4.98 Å². The average Bonchev–Trinajstić information content (AvgIpc) is 2.55. The van der Waals surface area contributed by atoms with E-state index in [4.69, 9.17) is 0 Å². The second-order valence-electron chi connectivity index (χ2n) is 5.91. The van der Waals surface area contributed by atoms with Gasteiger partial charge in [0, 0.05) is 37.7 Å². The van der Waals surface area contributed by atoms with E-state index in [0.29, 0.717) is 12.0 Å². The molecule has 5 nitrogen and oxygen atoms in total. The van der Waals surface area contributed by atoms with Crippen molar-refractivity contribution in [2.75, 3.05) is 30.3 Å². The standard InChI is InChI=1S/C17H23N5/c1-12(14-6-5-13(2)20-9-14)8-18-10-15-11-21-16-4-3-7-19-17(16)22-15/h3-7,9,12,15,18,21H,8,10-11H2,1-2H3,(H,19,22)/t12-,15+/m1/s1. The number of hydrogen-bond acceptors (Lipinski definition) is 5. The molecule has 3 rings (SSSR count). The minimum absolute atomic E-state index is 0.353. The zero-order valence-electron chi connectivity index (χ0n) is 13.1. The molecule has 0 bridgehead atoms. The van der Waals surface area contributed by atoms with Crippen molar-refractivity contribution in [1.29, 1.82) is 0 Å². The van der Waals surface area contributed by atoms with Gasteiger partial charge in [0.25, 0.3) is 0 Å². The first-order valence-electron chi connectivity index (χ1n) is 7.81. The summed E-state index contributed by atoms with van der Waals surface area (Å²) in [6, 6.07) is 8.58. The van der Waals surface area contributed by atoms with E-state index >= 15 is 0 Å². The maximum atomic E-state index is 4.36. The van der Waals surface area contributed by atoms with E-state index in [-0.39, 0.29) is 0 Å². The van der Waals surface area contributed by atoms with Crippen molar-refractivity contribution in [3.63, 3.8) is 0 Å². The molecule has 0 saturated carbocycles. The summed E-state index contributed by atoms with van der Waals surface area (Å²) in [6.07, 6.45) is 3.79. The van der Waals surface area contributed by atoms with Gasteiger partial charge in [0.15, 0.2) is 0 Å². The van der Waals surface area contributed by atoms with Crippen LogP contribution in [0.25, 0.3) is 0 Å². The number of aryl methyl sites for hydroxylation is 1. The third-order valence-corrected chi connectivity index (χ3v) is 4.03. The van der Waals surface area contributed by atoms with Gasteiger partial charge in [-0.1, -0.05) is 13.0 Å². The maximum absolute atomic E-state index is 4.36. The van der Waals surface area contributed by atoms with Gasteiger partial charge in [0.05, 0.1) is 11.7 Å². The van der Waals surface area contributed by atoms with Crippen LogP contribution in [-0.4, -0.2) is 35.6 Å². The van der Waals surface area contributed by atoms with Crippen LogP contribution in [0, 0.1) is 6.92 Å². The van der Waals surface area contributed by atoms with Crippen LogP contribution < -0.4 is 16.0 Å². The second kappa shape index (κ2) is 6.75. The number of fused-ring (bicyclic) bond motifs is 1. The lowest BCUT2D eigenvalue weighted by Gasteiger charge is -2.28. The van der Waals surface area contributed by atoms with Gasteiger partial charge in [0.1, 0.15) is 5.82 Å². The molecular weight excluding hydrogens is 274 g/mol. The van der Waals surface area contributed by atoms with Gasteiger partial charge in [-0.2, -0.15) is 0 Å². The highest BCUT2D eigenvalue weighted by Gasteiger charge is 2.17. The maximum Gasteiger partial charge on any atom is 0.149 e. The highest BCUT2D eigenvalue weighted by atomic mass is 15.1. The highest BCUT2D eigenvalue weighted by molar-refractivity contribution is 5.66. The number of pyridine rings is 2. The van der Waals surface area contributed by atoms with E-state index in [1.54, 1.807) is 0 Å². The molecule has 2 aromatic rings. The molecule has 2 atom stereocenters. The molecular formula is C17H23N5. The monoisotopic (exact) mass is 297 g/mol. The molecule has 0 amide bonds. The summed E-state index contributed by atoms with van der Waals surface area (Å²) in [7, 11) is 0. The first-order valence-corrected chi connectivity index (χ1v) is 7.81. The molecule has 0 fully saturated rings. The van der Waals surface area contributed by atoms with E-state index in [2.05, 4.69) is 45.0 Å². The Balaban J connectivity index is 1.47. The summed E-state index contributed by atoms with van der Waals surface area (Å²) < 4.78 is 0. The highest BCUT2D eigenvalue weighted by Crippen LogP contribution is 2.22. The lowest BCUT2D eigenvalue weighted by molar-refractivity contribution is 0.571. The van der Waals surface area contributed by atoms with Gasteiger partial charge < -0.3 is 16.0 Å². The van der Waals surface area contributed by atoms with E-state index in [9.17, 15) is 0 Å². The smallest absolute Gasteiger partial charge is 0.149 e. The number of rotatable bonds is 5. The molecule has 0 radical (unpaired) electrons. The Morgan fingerprint density at radius 1 is 1.32 bits per heavy atom. The fourth-order valence-electron chi connectivity index (χ4n) is 2.63. The van der Waals surface area contributed by atoms with Crippen molar-refractivity contribution in [2.24, 2.45) is 0 Å². The van der Waals surface area contributed by atoms with Crippen LogP contribution in [0.1, 0.15) is 24.1 Å². The van der Waals surface area contributed by atoms with Gasteiger partial charge >= 0.3 is 0 Å². The van der Waals surface area contributed by atoms with Gasteiger partial charge in [-0.15, -0.1) is 0 Å². The van der Waals surface area contributed by atoms with Gasteiger partial charge in [-0.25, -0.2) is 4.98 Å². The van der Waals surface area contributed by atoms with Crippen LogP contribution in [0.15, 0.2) is 36.7 Å². The first-order chi connectivity index (χ1) is 10.7. The van der Waals surface area contributed by atoms with Crippen molar-refractivity contribution in [1.82, 2.24) is 15.3 Å². The quantitative estimate of drug-likeness (QED) is 0.791. The summed E-state index contributed by atoms with van der Waals surface area (Å²) in [5.74, 6) is 1.39. The van der Waals surface area contributed by atoms with Crippen molar-refractivity contribution in [3.05, 3.63) is 47.9 Å². The SMILES string of the molecule is Cc1ccc([C@H](C)CNC[C@H]2CNc3cccnc3N2)cn1. The molecule has 116 valence electrons. The Hall–Kier alpha value is -2.14. The van der Waals surface area contributed by atoms with Crippen LogP contribution in [0.3, 0.4) is 0 Å². The largest absolute Gasteiger partial charge is 0.380 e. The van der Waals surface area contributed by atoms with E-state index < -0.39 is 0 Å². The Morgan fingerprint density at radius 2 is 2.23 bits per heavy atom. The molecule has 0 aromatic carbocycles. The van der Waals surface area contributed by atoms with Crippen molar-refractivity contribution >= 4 is 11.5 Å². The molecule has 1 aliphatic heterocycles. The number of hydrogen-bond donors (Lipinski definition) is 3. The van der Waals surface area contributed by atoms with Crippen molar-refractivity contribution < 1.29 is 0 Å². The molecule has 0 saturated heterocycles. The molecule has 3 heterocycles. The lowest BCUT2D eigenvalue weighted by atomic mass is 10.0. The van der Waals surface area contributed by atoms with Crippen LogP contribution in [-0.2, 0) is 0 Å². The Morgan fingerprint density at radius 3 is 3.05 bits per heavy atom. The van der Waals surface area contributed by atoms with E-state index in [0.717, 1.165) is 36.8 Å². The van der Waals surface area contributed by atoms with Crippen molar-refractivity contribution in [3.8, 4) is 0 Å². The van der Waals surface area contributed by atoms with Crippen molar-refractivity contribution in [2.45, 2.75) is 25.8 Å². The number of aromatic nitrogens is 2. The zero-order valence-corrected chi connectivity index (χ0v) is 13.1. The van der Waals surface area contributed by atoms with Crippen LogP contribution in [0.2, 0.25) is 0 Å². The molecule has 0 spiro atoms. The Labute approximate surface area is 131 Å². The topological polar surface area (TPSA) is 61.9 Å². The predicted octanol–water partition coefficient (Wildman–Crippen LogP) is 2.38. The third-order valence-electron chi connectivity index (χ3n) is 4.03. The number of nitrogens with zero attached hydrogens (tertiary/aromatic N) is 2. The molecule has 22 heavy (non-hydrogen) atoms. The normalized spacial score (nSPS) is 18.0. The van der Waals surface area contributed by atoms with E-state index in [1.807, 2.05) is 31.5 Å². The van der Waals surface area contributed by atoms with Crippen LogP contribution in [0.5, 0.6) is 0 Å². The Bertz CT molecular complexity index is 611. The van der Waals surface area contributed by atoms with Crippen LogP contribution in [0.4, 0.5) is 11.5 Å². The predicted molar refractivity (Wildman–Crippen MR) is 90.4 cm³/mol.